The van der Waals surface area contributed by atoms with E-state index in [9.17, 15) is 4.79 Å². The summed E-state index contributed by atoms with van der Waals surface area (Å²) in [6, 6.07) is 20.0. The van der Waals surface area contributed by atoms with Crippen molar-refractivity contribution in [1.29, 1.82) is 5.26 Å². The van der Waals surface area contributed by atoms with E-state index in [4.69, 9.17) is 5.26 Å². The molecule has 5 nitrogen and oxygen atoms in total. The van der Waals surface area contributed by atoms with Crippen LogP contribution >= 0.6 is 11.8 Å². The van der Waals surface area contributed by atoms with Gasteiger partial charge in [-0.1, -0.05) is 42.5 Å². The molecule has 1 fully saturated rings. The number of aromatic nitrogens is 2. The highest BCUT2D eigenvalue weighted by atomic mass is 32.2. The summed E-state index contributed by atoms with van der Waals surface area (Å²) in [5, 5.41) is 8.86. The van der Waals surface area contributed by atoms with Gasteiger partial charge in [-0.15, -0.1) is 11.8 Å². The van der Waals surface area contributed by atoms with Crippen molar-refractivity contribution in [3.05, 3.63) is 72.6 Å². The maximum Gasteiger partial charge on any atom is 0.254 e. The van der Waals surface area contributed by atoms with Gasteiger partial charge in [-0.05, 0) is 30.9 Å². The van der Waals surface area contributed by atoms with Gasteiger partial charge in [0.2, 0.25) is 0 Å². The first-order chi connectivity index (χ1) is 14.8. The highest BCUT2D eigenvalue weighted by Crippen LogP contribution is 2.27. The Balaban J connectivity index is 1.38. The minimum atomic E-state index is 0.0714. The highest BCUT2D eigenvalue weighted by Gasteiger charge is 2.25. The third kappa shape index (κ3) is 4.58. The van der Waals surface area contributed by atoms with E-state index >= 15 is 0 Å². The molecule has 0 unspecified atom stereocenters. The zero-order chi connectivity index (χ0) is 20.8. The lowest BCUT2D eigenvalue weighted by Crippen LogP contribution is -2.39. The summed E-state index contributed by atoms with van der Waals surface area (Å²) < 4.78 is 2.23. The van der Waals surface area contributed by atoms with Crippen LogP contribution < -0.4 is 0 Å². The van der Waals surface area contributed by atoms with Crippen LogP contribution in [-0.4, -0.2) is 39.2 Å². The fourth-order valence-corrected chi connectivity index (χ4v) is 4.66. The molecule has 0 bridgehead atoms. The molecule has 0 aliphatic carbocycles. The van der Waals surface area contributed by atoms with Gasteiger partial charge in [0.25, 0.3) is 5.91 Å². The van der Waals surface area contributed by atoms with Crippen LogP contribution in [0.25, 0.3) is 11.4 Å². The first-order valence-corrected chi connectivity index (χ1v) is 11.2. The van der Waals surface area contributed by atoms with Crippen molar-refractivity contribution in [2.75, 3.05) is 18.8 Å². The van der Waals surface area contributed by atoms with E-state index in [-0.39, 0.29) is 5.91 Å². The van der Waals surface area contributed by atoms with Crippen LogP contribution in [-0.2, 0) is 6.54 Å². The summed E-state index contributed by atoms with van der Waals surface area (Å²) in [5.74, 6) is 1.94. The molecule has 2 aromatic carbocycles. The molecule has 152 valence electrons. The Hall–Kier alpha value is -3.04. The lowest BCUT2D eigenvalue weighted by atomic mass is 9.96. The first-order valence-electron chi connectivity index (χ1n) is 10.2. The van der Waals surface area contributed by atoms with Gasteiger partial charge in [0.05, 0.1) is 17.4 Å². The lowest BCUT2D eigenvalue weighted by molar-refractivity contribution is 0.0679. The van der Waals surface area contributed by atoms with Crippen molar-refractivity contribution >= 4 is 17.7 Å². The molecule has 6 heteroatoms. The number of carbonyl (C=O) groups is 1. The van der Waals surface area contributed by atoms with E-state index in [2.05, 4.69) is 27.8 Å². The SMILES string of the molecule is N#CCSc1ccccc1C(=O)N1CCC(Cn2ccnc2-c2ccccc2)CC1. The van der Waals surface area contributed by atoms with Crippen LogP contribution in [0.2, 0.25) is 0 Å². The number of hydrogen-bond donors (Lipinski definition) is 0. The summed E-state index contributed by atoms with van der Waals surface area (Å²) >= 11 is 1.42. The van der Waals surface area contributed by atoms with Gasteiger partial charge in [-0.2, -0.15) is 5.26 Å². The molecule has 0 saturated carbocycles. The largest absolute Gasteiger partial charge is 0.339 e. The maximum absolute atomic E-state index is 13.1. The second kappa shape index (κ2) is 9.64. The van der Waals surface area contributed by atoms with Crippen molar-refractivity contribution in [1.82, 2.24) is 14.5 Å². The number of thioether (sulfide) groups is 1. The zero-order valence-corrected chi connectivity index (χ0v) is 17.6. The third-order valence-corrected chi connectivity index (χ3v) is 6.45. The number of likely N-dealkylation sites (tertiary alicyclic amines) is 1. The van der Waals surface area contributed by atoms with Crippen LogP contribution in [0.1, 0.15) is 23.2 Å². The number of rotatable bonds is 6. The van der Waals surface area contributed by atoms with Gasteiger partial charge >= 0.3 is 0 Å². The van der Waals surface area contributed by atoms with Crippen LogP contribution in [0.15, 0.2) is 71.9 Å². The Morgan fingerprint density at radius 3 is 2.60 bits per heavy atom. The van der Waals surface area contributed by atoms with Crippen molar-refractivity contribution in [3.63, 3.8) is 0 Å². The first kappa shape index (κ1) is 20.2. The molecule has 1 amide bonds. The molecule has 3 aromatic rings. The Morgan fingerprint density at radius 1 is 1.10 bits per heavy atom. The molecule has 1 aromatic heterocycles. The predicted octanol–water partition coefficient (Wildman–Crippen LogP) is 4.72. The number of carbonyl (C=O) groups excluding carboxylic acids is 1. The van der Waals surface area contributed by atoms with E-state index in [0.29, 0.717) is 17.2 Å². The molecular weight excluding hydrogens is 392 g/mol. The van der Waals surface area contributed by atoms with E-state index in [1.54, 1.807) is 0 Å². The Morgan fingerprint density at radius 2 is 1.83 bits per heavy atom. The molecule has 0 N–H and O–H groups in total. The molecule has 1 aliphatic heterocycles. The Bertz CT molecular complexity index is 1030. The minimum absolute atomic E-state index is 0.0714. The Kier molecular flexibility index (Phi) is 6.50. The smallest absolute Gasteiger partial charge is 0.254 e. The molecule has 0 spiro atoms. The van der Waals surface area contributed by atoms with E-state index in [1.807, 2.05) is 59.8 Å². The molecule has 0 radical (unpaired) electrons. The number of imidazole rings is 1. The average Bonchev–Trinajstić information content (AvgIpc) is 3.26. The quantitative estimate of drug-likeness (QED) is 0.546. The molecule has 1 aliphatic rings. The highest BCUT2D eigenvalue weighted by molar-refractivity contribution is 7.99. The number of amides is 1. The van der Waals surface area contributed by atoms with E-state index in [0.717, 1.165) is 48.8 Å². The van der Waals surface area contributed by atoms with Gasteiger partial charge in [-0.25, -0.2) is 4.98 Å². The molecule has 2 heterocycles. The van der Waals surface area contributed by atoms with Crippen LogP contribution in [0, 0.1) is 17.2 Å². The summed E-state index contributed by atoms with van der Waals surface area (Å²) in [4.78, 5) is 20.4. The van der Waals surface area contributed by atoms with Crippen molar-refractivity contribution in [3.8, 4) is 17.5 Å². The fourth-order valence-electron chi connectivity index (χ4n) is 3.95. The molecule has 30 heavy (non-hydrogen) atoms. The van der Waals surface area contributed by atoms with Crippen molar-refractivity contribution < 1.29 is 4.79 Å². The lowest BCUT2D eigenvalue weighted by Gasteiger charge is -2.32. The number of benzene rings is 2. The molecule has 1 saturated heterocycles. The third-order valence-electron chi connectivity index (χ3n) is 5.51. The topological polar surface area (TPSA) is 61.9 Å². The summed E-state index contributed by atoms with van der Waals surface area (Å²) in [6.07, 6.45) is 5.86. The second-order valence-electron chi connectivity index (χ2n) is 7.45. The average molecular weight is 417 g/mol. The molecule has 0 atom stereocenters. The summed E-state index contributed by atoms with van der Waals surface area (Å²) in [5.41, 5.74) is 1.83. The predicted molar refractivity (Wildman–Crippen MR) is 119 cm³/mol. The number of nitriles is 1. The van der Waals surface area contributed by atoms with Gasteiger partial charge in [0.15, 0.2) is 0 Å². The summed E-state index contributed by atoms with van der Waals surface area (Å²) in [6.45, 7) is 2.44. The molecule has 4 rings (SSSR count). The van der Waals surface area contributed by atoms with Crippen LogP contribution in [0.4, 0.5) is 0 Å². The second-order valence-corrected chi connectivity index (χ2v) is 8.46. The Labute approximate surface area is 181 Å². The monoisotopic (exact) mass is 416 g/mol. The zero-order valence-electron chi connectivity index (χ0n) is 16.8. The molecular formula is C24H24N4OS. The number of piperidine rings is 1. The van der Waals surface area contributed by atoms with Gasteiger partial charge in [-0.3, -0.25) is 4.79 Å². The van der Waals surface area contributed by atoms with Gasteiger partial charge in [0, 0.05) is 42.5 Å². The van der Waals surface area contributed by atoms with Crippen LogP contribution in [0.5, 0.6) is 0 Å². The van der Waals surface area contributed by atoms with Gasteiger partial charge in [0.1, 0.15) is 5.82 Å². The number of hydrogen-bond acceptors (Lipinski definition) is 4. The van der Waals surface area contributed by atoms with Gasteiger partial charge < -0.3 is 9.47 Å². The minimum Gasteiger partial charge on any atom is -0.339 e. The summed E-state index contributed by atoms with van der Waals surface area (Å²) in [7, 11) is 0. The standard InChI is InChI=1S/C24H24N4OS/c25-12-17-30-22-9-5-4-8-21(22)24(29)27-14-10-19(11-15-27)18-28-16-13-26-23(28)20-6-2-1-3-7-20/h1-9,13,16,19H,10-11,14-15,17-18H2. The fraction of sp³-hybridized carbons (Fsp3) is 0.292. The van der Waals surface area contributed by atoms with E-state index < -0.39 is 0 Å². The normalized spacial score (nSPS) is 14.4. The number of nitrogens with zero attached hydrogens (tertiary/aromatic N) is 4. The van der Waals surface area contributed by atoms with Crippen molar-refractivity contribution in [2.45, 2.75) is 24.3 Å². The maximum atomic E-state index is 13.1. The van der Waals surface area contributed by atoms with E-state index in [1.165, 1.54) is 11.8 Å². The van der Waals surface area contributed by atoms with Crippen molar-refractivity contribution in [2.24, 2.45) is 5.92 Å². The van der Waals surface area contributed by atoms with Crippen LogP contribution in [0.3, 0.4) is 0 Å².